The van der Waals surface area contributed by atoms with E-state index >= 15 is 0 Å². The summed E-state index contributed by atoms with van der Waals surface area (Å²) in [6.07, 6.45) is 5.40. The van der Waals surface area contributed by atoms with Crippen molar-refractivity contribution in [1.82, 2.24) is 5.32 Å². The molecule has 0 aromatic rings. The predicted octanol–water partition coefficient (Wildman–Crippen LogP) is 1.21. The second-order valence-electron chi connectivity index (χ2n) is 4.47. The third-order valence-corrected chi connectivity index (χ3v) is 3.14. The molecule has 0 bridgehead atoms. The summed E-state index contributed by atoms with van der Waals surface area (Å²) in [5.74, 6) is 0.819. The number of hydrogen-bond acceptors (Lipinski definition) is 3. The van der Waals surface area contributed by atoms with Gasteiger partial charge in [-0.2, -0.15) is 0 Å². The molecule has 1 fully saturated rings. The van der Waals surface area contributed by atoms with Crippen LogP contribution in [-0.4, -0.2) is 23.0 Å². The minimum absolute atomic E-state index is 0.0246. The van der Waals surface area contributed by atoms with Crippen LogP contribution >= 0.6 is 0 Å². The van der Waals surface area contributed by atoms with Gasteiger partial charge < -0.3 is 16.3 Å². The molecule has 1 atom stereocenters. The zero-order valence-electron chi connectivity index (χ0n) is 9.78. The summed E-state index contributed by atoms with van der Waals surface area (Å²) >= 11 is 0. The van der Waals surface area contributed by atoms with Crippen LogP contribution in [0.4, 0.5) is 0 Å². The van der Waals surface area contributed by atoms with Crippen LogP contribution in [0, 0.1) is 5.92 Å². The van der Waals surface area contributed by atoms with Gasteiger partial charge in [-0.05, 0) is 25.2 Å². The van der Waals surface area contributed by atoms with Crippen molar-refractivity contribution in [3.63, 3.8) is 0 Å². The van der Waals surface area contributed by atoms with E-state index in [1.807, 2.05) is 6.92 Å². The maximum Gasteiger partial charge on any atom is 0.220 e. The Morgan fingerprint density at radius 2 is 2.31 bits per heavy atom. The number of amidine groups is 1. The van der Waals surface area contributed by atoms with Gasteiger partial charge in [-0.1, -0.05) is 18.5 Å². The number of carbonyl (C=O) groups is 1. The fourth-order valence-electron chi connectivity index (χ4n) is 1.84. The fraction of sp³-hybridized carbons (Fsp3) is 0.818. The molecule has 1 aliphatic rings. The molecular weight excluding hydrogens is 206 g/mol. The maximum absolute atomic E-state index is 11.6. The van der Waals surface area contributed by atoms with Crippen molar-refractivity contribution >= 4 is 11.7 Å². The third kappa shape index (κ3) is 4.08. The summed E-state index contributed by atoms with van der Waals surface area (Å²) in [6.45, 7) is 1.97. The molecule has 5 heteroatoms. The Hall–Kier alpha value is -1.26. The van der Waals surface area contributed by atoms with Crippen LogP contribution in [0.25, 0.3) is 0 Å². The lowest BCUT2D eigenvalue weighted by molar-refractivity contribution is -0.123. The first-order valence-electron chi connectivity index (χ1n) is 5.91. The first kappa shape index (κ1) is 12.8. The van der Waals surface area contributed by atoms with E-state index in [4.69, 9.17) is 10.9 Å². The van der Waals surface area contributed by atoms with E-state index < -0.39 is 0 Å². The van der Waals surface area contributed by atoms with Gasteiger partial charge in [0, 0.05) is 18.9 Å². The predicted molar refractivity (Wildman–Crippen MR) is 62.2 cm³/mol. The van der Waals surface area contributed by atoms with E-state index in [1.165, 1.54) is 19.3 Å². The first-order valence-corrected chi connectivity index (χ1v) is 5.91. The normalized spacial score (nSPS) is 18.9. The molecule has 1 aliphatic carbocycles. The molecule has 92 valence electrons. The number of rotatable bonds is 6. The molecule has 1 rings (SSSR count). The minimum Gasteiger partial charge on any atom is -0.409 e. The van der Waals surface area contributed by atoms with Crippen molar-refractivity contribution in [2.24, 2.45) is 16.8 Å². The standard InChI is InChI=1S/C11H21N3O2/c1-2-9(7-10(12)14-16)13-11(15)6-8-4-3-5-8/h8-9,16H,2-7H2,1H3,(H2,12,14)(H,13,15). The topological polar surface area (TPSA) is 87.7 Å². The Labute approximate surface area is 96.1 Å². The van der Waals surface area contributed by atoms with Crippen LogP contribution in [-0.2, 0) is 4.79 Å². The summed E-state index contributed by atoms with van der Waals surface area (Å²) in [7, 11) is 0. The molecule has 0 aromatic carbocycles. The van der Waals surface area contributed by atoms with Crippen molar-refractivity contribution in [2.45, 2.75) is 51.5 Å². The highest BCUT2D eigenvalue weighted by Gasteiger charge is 2.21. The van der Waals surface area contributed by atoms with Gasteiger partial charge in [0.15, 0.2) is 0 Å². The van der Waals surface area contributed by atoms with E-state index in [-0.39, 0.29) is 17.8 Å². The van der Waals surface area contributed by atoms with Crippen LogP contribution in [0.2, 0.25) is 0 Å². The molecule has 0 aliphatic heterocycles. The largest absolute Gasteiger partial charge is 0.409 e. The second kappa shape index (κ2) is 6.35. The number of carbonyl (C=O) groups excluding carboxylic acids is 1. The van der Waals surface area contributed by atoms with Gasteiger partial charge in [-0.3, -0.25) is 4.79 Å². The van der Waals surface area contributed by atoms with Gasteiger partial charge >= 0.3 is 0 Å². The molecule has 1 amide bonds. The number of amides is 1. The van der Waals surface area contributed by atoms with Crippen LogP contribution in [0.5, 0.6) is 0 Å². The molecular formula is C11H21N3O2. The average molecular weight is 227 g/mol. The number of nitrogens with two attached hydrogens (primary N) is 1. The van der Waals surface area contributed by atoms with E-state index in [2.05, 4.69) is 10.5 Å². The van der Waals surface area contributed by atoms with E-state index in [1.54, 1.807) is 0 Å². The molecule has 0 heterocycles. The lowest BCUT2D eigenvalue weighted by atomic mass is 9.83. The second-order valence-corrected chi connectivity index (χ2v) is 4.47. The summed E-state index contributed by atoms with van der Waals surface area (Å²) < 4.78 is 0. The quantitative estimate of drug-likeness (QED) is 0.276. The number of nitrogens with zero attached hydrogens (tertiary/aromatic N) is 1. The van der Waals surface area contributed by atoms with Crippen LogP contribution in [0.15, 0.2) is 5.16 Å². The number of nitrogens with one attached hydrogen (secondary N) is 1. The van der Waals surface area contributed by atoms with Crippen molar-refractivity contribution in [2.75, 3.05) is 0 Å². The molecule has 4 N–H and O–H groups in total. The Morgan fingerprint density at radius 1 is 1.62 bits per heavy atom. The zero-order valence-corrected chi connectivity index (χ0v) is 9.78. The highest BCUT2D eigenvalue weighted by atomic mass is 16.4. The van der Waals surface area contributed by atoms with Crippen LogP contribution in [0.3, 0.4) is 0 Å². The average Bonchev–Trinajstić information content (AvgIpc) is 2.22. The summed E-state index contributed by atoms with van der Waals surface area (Å²) in [5.41, 5.74) is 5.41. The van der Waals surface area contributed by atoms with Gasteiger partial charge in [0.2, 0.25) is 5.91 Å². The van der Waals surface area contributed by atoms with Gasteiger partial charge in [0.05, 0.1) is 0 Å². The SMILES string of the molecule is CCC(CC(N)=NO)NC(=O)CC1CCC1. The summed E-state index contributed by atoms with van der Waals surface area (Å²) in [6, 6.07) is -0.0246. The first-order chi connectivity index (χ1) is 7.65. The van der Waals surface area contributed by atoms with Gasteiger partial charge in [-0.25, -0.2) is 0 Å². The molecule has 1 unspecified atom stereocenters. The van der Waals surface area contributed by atoms with Crippen molar-refractivity contribution < 1.29 is 10.0 Å². The summed E-state index contributed by atoms with van der Waals surface area (Å²) in [5, 5.41) is 14.3. The van der Waals surface area contributed by atoms with E-state index in [0.717, 1.165) is 6.42 Å². The van der Waals surface area contributed by atoms with Crippen LogP contribution in [0.1, 0.15) is 45.4 Å². The Morgan fingerprint density at radius 3 is 2.75 bits per heavy atom. The lowest BCUT2D eigenvalue weighted by Gasteiger charge is -2.25. The van der Waals surface area contributed by atoms with E-state index in [0.29, 0.717) is 18.8 Å². The highest BCUT2D eigenvalue weighted by molar-refractivity contribution is 5.82. The monoisotopic (exact) mass is 227 g/mol. The molecule has 0 spiro atoms. The molecule has 0 radical (unpaired) electrons. The Kier molecular flexibility index (Phi) is 5.08. The molecule has 0 saturated heterocycles. The van der Waals surface area contributed by atoms with Gasteiger partial charge in [0.1, 0.15) is 5.84 Å². The van der Waals surface area contributed by atoms with Crippen LogP contribution < -0.4 is 11.1 Å². The Bertz CT molecular complexity index is 262. The van der Waals surface area contributed by atoms with Gasteiger partial charge in [0.25, 0.3) is 0 Å². The minimum atomic E-state index is -0.0246. The summed E-state index contributed by atoms with van der Waals surface area (Å²) in [4.78, 5) is 11.6. The molecule has 1 saturated carbocycles. The number of oxime groups is 1. The van der Waals surface area contributed by atoms with E-state index in [9.17, 15) is 4.79 Å². The van der Waals surface area contributed by atoms with Crippen molar-refractivity contribution in [1.29, 1.82) is 0 Å². The smallest absolute Gasteiger partial charge is 0.220 e. The maximum atomic E-state index is 11.6. The third-order valence-electron chi connectivity index (χ3n) is 3.14. The number of hydrogen-bond donors (Lipinski definition) is 3. The van der Waals surface area contributed by atoms with Crippen molar-refractivity contribution in [3.05, 3.63) is 0 Å². The Balaban J connectivity index is 2.27. The molecule has 16 heavy (non-hydrogen) atoms. The zero-order chi connectivity index (χ0) is 12.0. The fourth-order valence-corrected chi connectivity index (χ4v) is 1.84. The van der Waals surface area contributed by atoms with Crippen molar-refractivity contribution in [3.8, 4) is 0 Å². The molecule has 5 nitrogen and oxygen atoms in total. The lowest BCUT2D eigenvalue weighted by Crippen LogP contribution is -2.38. The highest BCUT2D eigenvalue weighted by Crippen LogP contribution is 2.29. The molecule has 0 aromatic heterocycles. The van der Waals surface area contributed by atoms with Gasteiger partial charge in [-0.15, -0.1) is 0 Å².